The summed E-state index contributed by atoms with van der Waals surface area (Å²) < 4.78 is 0. The van der Waals surface area contributed by atoms with Crippen LogP contribution in [0.3, 0.4) is 0 Å². The van der Waals surface area contributed by atoms with Crippen LogP contribution < -0.4 is 10.2 Å². The maximum Gasteiger partial charge on any atom is 0.127 e. The molecule has 118 valence electrons. The highest BCUT2D eigenvalue weighted by Crippen LogP contribution is 2.15. The molecule has 0 saturated heterocycles. The van der Waals surface area contributed by atoms with Gasteiger partial charge in [0.2, 0.25) is 0 Å². The lowest BCUT2D eigenvalue weighted by atomic mass is 10.0. The Kier molecular flexibility index (Phi) is 5.92. The third-order valence-corrected chi connectivity index (χ3v) is 3.79. The molecule has 4 heteroatoms. The maximum atomic E-state index is 9.62. The highest BCUT2D eigenvalue weighted by atomic mass is 16.3. The summed E-state index contributed by atoms with van der Waals surface area (Å²) in [5, 5.41) is 13.0. The van der Waals surface area contributed by atoms with Crippen molar-refractivity contribution in [1.82, 2.24) is 10.3 Å². The van der Waals surface area contributed by atoms with Crippen LogP contribution in [0.25, 0.3) is 0 Å². The van der Waals surface area contributed by atoms with E-state index in [-0.39, 0.29) is 12.6 Å². The quantitative estimate of drug-likeness (QED) is 0.825. The minimum atomic E-state index is -0.0561. The number of hydrogen-bond acceptors (Lipinski definition) is 4. The normalized spacial score (nSPS) is 12.2. The average molecular weight is 299 g/mol. The summed E-state index contributed by atoms with van der Waals surface area (Å²) >= 11 is 0. The van der Waals surface area contributed by atoms with E-state index in [2.05, 4.69) is 47.6 Å². The summed E-state index contributed by atoms with van der Waals surface area (Å²) in [7, 11) is 3.95. The van der Waals surface area contributed by atoms with Crippen LogP contribution in [0.1, 0.15) is 29.7 Å². The molecule has 2 N–H and O–H groups in total. The van der Waals surface area contributed by atoms with Crippen LogP contribution in [0.4, 0.5) is 5.82 Å². The van der Waals surface area contributed by atoms with Crippen LogP contribution >= 0.6 is 0 Å². The summed E-state index contributed by atoms with van der Waals surface area (Å²) in [5.74, 6) is 0.942. The fourth-order valence-corrected chi connectivity index (χ4v) is 2.30. The fraction of sp³-hybridized carbons (Fsp3) is 0.389. The van der Waals surface area contributed by atoms with E-state index >= 15 is 0 Å². The minimum absolute atomic E-state index is 0.0561. The first-order valence-corrected chi connectivity index (χ1v) is 7.69. The third-order valence-electron chi connectivity index (χ3n) is 3.79. The molecule has 0 aliphatic heterocycles. The SMILES string of the molecule is CCc1ccc([C@H](CO)NCc2ccc(N(C)C)nc2)cc1. The zero-order valence-corrected chi connectivity index (χ0v) is 13.6. The number of aryl methyl sites for hydroxylation is 1. The number of aliphatic hydroxyl groups excluding tert-OH is 1. The first kappa shape index (κ1) is 16.5. The zero-order valence-electron chi connectivity index (χ0n) is 13.6. The molecule has 0 aliphatic carbocycles. The van der Waals surface area contributed by atoms with Crippen molar-refractivity contribution in [3.63, 3.8) is 0 Å². The van der Waals surface area contributed by atoms with Gasteiger partial charge in [0.05, 0.1) is 12.6 Å². The van der Waals surface area contributed by atoms with E-state index in [9.17, 15) is 5.11 Å². The second-order valence-corrected chi connectivity index (χ2v) is 5.63. The van der Waals surface area contributed by atoms with Gasteiger partial charge in [-0.25, -0.2) is 4.98 Å². The van der Waals surface area contributed by atoms with Gasteiger partial charge in [-0.05, 0) is 29.2 Å². The van der Waals surface area contributed by atoms with Gasteiger partial charge in [0.25, 0.3) is 0 Å². The zero-order chi connectivity index (χ0) is 15.9. The van der Waals surface area contributed by atoms with Gasteiger partial charge in [-0.1, -0.05) is 37.3 Å². The monoisotopic (exact) mass is 299 g/mol. The maximum absolute atomic E-state index is 9.62. The van der Waals surface area contributed by atoms with E-state index in [0.29, 0.717) is 6.54 Å². The van der Waals surface area contributed by atoms with Crippen molar-refractivity contribution in [2.45, 2.75) is 25.9 Å². The molecule has 0 spiro atoms. The van der Waals surface area contributed by atoms with Crippen molar-refractivity contribution >= 4 is 5.82 Å². The van der Waals surface area contributed by atoms with E-state index in [1.807, 2.05) is 31.3 Å². The molecule has 0 unspecified atom stereocenters. The molecule has 1 aromatic carbocycles. The lowest BCUT2D eigenvalue weighted by Gasteiger charge is -2.17. The molecule has 1 aromatic heterocycles. The second-order valence-electron chi connectivity index (χ2n) is 5.63. The number of rotatable bonds is 7. The van der Waals surface area contributed by atoms with Crippen molar-refractivity contribution in [1.29, 1.82) is 0 Å². The largest absolute Gasteiger partial charge is 0.394 e. The number of pyridine rings is 1. The smallest absolute Gasteiger partial charge is 0.127 e. The Morgan fingerprint density at radius 2 is 1.77 bits per heavy atom. The summed E-state index contributed by atoms with van der Waals surface area (Å²) in [6, 6.07) is 12.4. The van der Waals surface area contributed by atoms with Gasteiger partial charge in [0.1, 0.15) is 5.82 Å². The Balaban J connectivity index is 1.97. The predicted molar refractivity (Wildman–Crippen MR) is 91.1 cm³/mol. The molecule has 0 bridgehead atoms. The summed E-state index contributed by atoms with van der Waals surface area (Å²) in [4.78, 5) is 6.38. The highest BCUT2D eigenvalue weighted by Gasteiger charge is 2.09. The van der Waals surface area contributed by atoms with Crippen molar-refractivity contribution in [2.75, 3.05) is 25.6 Å². The van der Waals surface area contributed by atoms with Crippen molar-refractivity contribution in [3.8, 4) is 0 Å². The van der Waals surface area contributed by atoms with E-state index in [1.165, 1.54) is 5.56 Å². The number of hydrogen-bond donors (Lipinski definition) is 2. The Labute approximate surface area is 132 Å². The third kappa shape index (κ3) is 4.29. The van der Waals surface area contributed by atoms with Gasteiger partial charge in [0.15, 0.2) is 0 Å². The molecular formula is C18H25N3O. The second kappa shape index (κ2) is 7.92. The fourth-order valence-electron chi connectivity index (χ4n) is 2.30. The standard InChI is InChI=1S/C18H25N3O/c1-4-14-5-8-16(9-6-14)17(13-22)19-11-15-7-10-18(20-12-15)21(2)3/h5-10,12,17,19,22H,4,11,13H2,1-3H3/t17-/m0/s1. The number of nitrogens with zero attached hydrogens (tertiary/aromatic N) is 2. The number of aliphatic hydroxyl groups is 1. The molecule has 22 heavy (non-hydrogen) atoms. The first-order valence-electron chi connectivity index (χ1n) is 7.69. The van der Waals surface area contributed by atoms with Crippen LogP contribution in [-0.4, -0.2) is 30.8 Å². The molecule has 0 amide bonds. The van der Waals surface area contributed by atoms with Gasteiger partial charge in [-0.2, -0.15) is 0 Å². The first-order chi connectivity index (χ1) is 10.6. The van der Waals surface area contributed by atoms with Gasteiger partial charge < -0.3 is 15.3 Å². The van der Waals surface area contributed by atoms with Crippen molar-refractivity contribution in [3.05, 3.63) is 59.3 Å². The number of benzene rings is 1. The molecule has 0 aliphatic rings. The number of nitrogens with one attached hydrogen (secondary N) is 1. The molecule has 0 radical (unpaired) electrons. The highest BCUT2D eigenvalue weighted by molar-refractivity contribution is 5.37. The van der Waals surface area contributed by atoms with Crippen LogP contribution in [0, 0.1) is 0 Å². The van der Waals surface area contributed by atoms with Gasteiger partial charge in [0, 0.05) is 26.8 Å². The molecule has 2 aromatic rings. The minimum Gasteiger partial charge on any atom is -0.394 e. The van der Waals surface area contributed by atoms with E-state index in [4.69, 9.17) is 0 Å². The molecule has 0 saturated carbocycles. The van der Waals surface area contributed by atoms with Gasteiger partial charge >= 0.3 is 0 Å². The Bertz CT molecular complexity index is 564. The predicted octanol–water partition coefficient (Wildman–Crippen LogP) is 2.53. The van der Waals surface area contributed by atoms with Crippen LogP contribution in [0.2, 0.25) is 0 Å². The van der Waals surface area contributed by atoms with E-state index in [0.717, 1.165) is 23.4 Å². The lowest BCUT2D eigenvalue weighted by molar-refractivity contribution is 0.243. The molecular weight excluding hydrogens is 274 g/mol. The molecule has 0 fully saturated rings. The van der Waals surface area contributed by atoms with E-state index in [1.54, 1.807) is 0 Å². The summed E-state index contributed by atoms with van der Waals surface area (Å²) in [6.45, 7) is 2.90. The van der Waals surface area contributed by atoms with Crippen LogP contribution in [0.5, 0.6) is 0 Å². The Morgan fingerprint density at radius 1 is 1.09 bits per heavy atom. The van der Waals surface area contributed by atoms with Gasteiger partial charge in [-0.3, -0.25) is 0 Å². The molecule has 2 rings (SSSR count). The van der Waals surface area contributed by atoms with Crippen molar-refractivity contribution < 1.29 is 5.11 Å². The summed E-state index contributed by atoms with van der Waals surface area (Å²) in [5.41, 5.74) is 3.52. The number of aromatic nitrogens is 1. The lowest BCUT2D eigenvalue weighted by Crippen LogP contribution is -2.24. The van der Waals surface area contributed by atoms with Crippen LogP contribution in [0.15, 0.2) is 42.6 Å². The average Bonchev–Trinajstić information content (AvgIpc) is 2.56. The van der Waals surface area contributed by atoms with E-state index < -0.39 is 0 Å². The topological polar surface area (TPSA) is 48.4 Å². The summed E-state index contributed by atoms with van der Waals surface area (Å²) in [6.07, 6.45) is 2.90. The molecule has 1 heterocycles. The Morgan fingerprint density at radius 3 is 2.27 bits per heavy atom. The number of anilines is 1. The molecule has 4 nitrogen and oxygen atoms in total. The Hall–Kier alpha value is -1.91. The van der Waals surface area contributed by atoms with Crippen molar-refractivity contribution in [2.24, 2.45) is 0 Å². The molecule has 1 atom stereocenters. The van der Waals surface area contributed by atoms with Gasteiger partial charge in [-0.15, -0.1) is 0 Å². The van der Waals surface area contributed by atoms with Crippen LogP contribution in [-0.2, 0) is 13.0 Å².